The number of methoxy groups -OCH3 is 2. The summed E-state index contributed by atoms with van der Waals surface area (Å²) in [6, 6.07) is 9.36. The van der Waals surface area contributed by atoms with Gasteiger partial charge in [0.1, 0.15) is 10.6 Å². The molecule has 0 amide bonds. The molecule has 0 aliphatic heterocycles. The maximum Gasteiger partial charge on any atom is 0.416 e. The number of alkyl halides is 3. The first-order valence-corrected chi connectivity index (χ1v) is 11.4. The van der Waals surface area contributed by atoms with Crippen LogP contribution in [0.3, 0.4) is 0 Å². The first-order valence-electron chi connectivity index (χ1n) is 8.72. The summed E-state index contributed by atoms with van der Waals surface area (Å²) in [5.74, 6) is -0.907. The summed E-state index contributed by atoms with van der Waals surface area (Å²) >= 11 is 7.01. The normalized spacial score (nSPS) is 11.8. The van der Waals surface area contributed by atoms with E-state index in [1.54, 1.807) is 12.1 Å². The van der Waals surface area contributed by atoms with Crippen LogP contribution in [0.2, 0.25) is 4.34 Å². The van der Waals surface area contributed by atoms with Crippen molar-refractivity contribution in [1.29, 1.82) is 0 Å². The van der Waals surface area contributed by atoms with Gasteiger partial charge >= 0.3 is 12.1 Å². The van der Waals surface area contributed by atoms with Gasteiger partial charge in [0.2, 0.25) is 0 Å². The van der Waals surface area contributed by atoms with E-state index >= 15 is 0 Å². The Hall–Kier alpha value is -2.76. The largest absolute Gasteiger partial charge is 0.495 e. The Morgan fingerprint density at radius 2 is 1.78 bits per heavy atom. The van der Waals surface area contributed by atoms with Crippen molar-refractivity contribution in [2.45, 2.75) is 11.1 Å². The summed E-state index contributed by atoms with van der Waals surface area (Å²) in [5, 5.41) is 0. The molecular weight excluding hydrogens is 491 g/mol. The molecule has 1 heterocycles. The number of hydrogen-bond acceptors (Lipinski definition) is 6. The SMILES string of the molecule is COC(=O)c1ccc(OC)c(S(=O)(=O)Nc2cc(C(F)(F)F)ccc2-c2ccc(Cl)s2)c1. The minimum absolute atomic E-state index is 0.0806. The summed E-state index contributed by atoms with van der Waals surface area (Å²) in [7, 11) is -2.14. The topological polar surface area (TPSA) is 81.7 Å². The molecule has 0 fully saturated rings. The van der Waals surface area contributed by atoms with Gasteiger partial charge in [-0.1, -0.05) is 17.7 Å². The van der Waals surface area contributed by atoms with E-state index in [1.165, 1.54) is 19.2 Å². The van der Waals surface area contributed by atoms with Crippen LogP contribution in [0.4, 0.5) is 18.9 Å². The van der Waals surface area contributed by atoms with Crippen molar-refractivity contribution >= 4 is 44.6 Å². The quantitative estimate of drug-likeness (QED) is 0.436. The lowest BCUT2D eigenvalue weighted by molar-refractivity contribution is -0.137. The first kappa shape index (κ1) is 23.9. The van der Waals surface area contributed by atoms with E-state index in [2.05, 4.69) is 9.46 Å². The third kappa shape index (κ3) is 5.00. The van der Waals surface area contributed by atoms with Crippen LogP contribution in [0, 0.1) is 0 Å². The molecule has 3 rings (SSSR count). The monoisotopic (exact) mass is 505 g/mol. The zero-order valence-electron chi connectivity index (χ0n) is 16.5. The average molecular weight is 506 g/mol. The second-order valence-electron chi connectivity index (χ2n) is 6.32. The lowest BCUT2D eigenvalue weighted by Gasteiger charge is -2.16. The van der Waals surface area contributed by atoms with E-state index in [1.807, 2.05) is 0 Å². The maximum atomic E-state index is 13.3. The molecule has 0 saturated heterocycles. The number of carbonyl (C=O) groups excluding carboxylic acids is 1. The van der Waals surface area contributed by atoms with Crippen LogP contribution in [0.5, 0.6) is 5.75 Å². The molecule has 1 N–H and O–H groups in total. The zero-order chi connectivity index (χ0) is 23.7. The van der Waals surface area contributed by atoms with Crippen molar-refractivity contribution < 1.29 is 35.9 Å². The molecule has 12 heteroatoms. The average Bonchev–Trinajstić information content (AvgIpc) is 3.17. The molecular formula is C20H15ClF3NO5S2. The molecule has 0 saturated carbocycles. The van der Waals surface area contributed by atoms with Crippen LogP contribution >= 0.6 is 22.9 Å². The zero-order valence-corrected chi connectivity index (χ0v) is 18.9. The van der Waals surface area contributed by atoms with Crippen LogP contribution in [0.1, 0.15) is 15.9 Å². The number of thiophene rings is 1. The van der Waals surface area contributed by atoms with Gasteiger partial charge in [0.05, 0.1) is 35.4 Å². The van der Waals surface area contributed by atoms with Crippen molar-refractivity contribution in [3.05, 3.63) is 64.0 Å². The fourth-order valence-corrected chi connectivity index (χ4v) is 5.16. The van der Waals surface area contributed by atoms with Crippen LogP contribution < -0.4 is 9.46 Å². The molecule has 0 unspecified atom stereocenters. The smallest absolute Gasteiger partial charge is 0.416 e. The number of hydrogen-bond donors (Lipinski definition) is 1. The maximum absolute atomic E-state index is 13.3. The second-order valence-corrected chi connectivity index (χ2v) is 9.69. The molecule has 0 spiro atoms. The number of rotatable bonds is 6. The van der Waals surface area contributed by atoms with Gasteiger partial charge < -0.3 is 9.47 Å². The van der Waals surface area contributed by atoms with Crippen molar-refractivity contribution in [1.82, 2.24) is 0 Å². The van der Waals surface area contributed by atoms with Gasteiger partial charge in [-0.3, -0.25) is 4.72 Å². The summed E-state index contributed by atoms with van der Waals surface area (Å²) < 4.78 is 78.4. The van der Waals surface area contributed by atoms with Gasteiger partial charge in [-0.05, 0) is 42.5 Å². The molecule has 0 aliphatic carbocycles. The van der Waals surface area contributed by atoms with Crippen LogP contribution in [-0.4, -0.2) is 28.6 Å². The predicted octanol–water partition coefficient (Wildman–Crippen LogP) is 5.68. The first-order chi connectivity index (χ1) is 15.0. The molecule has 0 atom stereocenters. The summed E-state index contributed by atoms with van der Waals surface area (Å²) in [4.78, 5) is 11.8. The van der Waals surface area contributed by atoms with Crippen LogP contribution in [0.15, 0.2) is 53.4 Å². The molecule has 6 nitrogen and oxygen atoms in total. The van der Waals surface area contributed by atoms with Crippen molar-refractivity contribution in [3.8, 4) is 16.2 Å². The number of ether oxygens (including phenoxy) is 2. The van der Waals surface area contributed by atoms with E-state index in [0.29, 0.717) is 15.3 Å². The Kier molecular flexibility index (Phi) is 6.72. The minimum atomic E-state index is -4.70. The van der Waals surface area contributed by atoms with Crippen molar-refractivity contribution in [2.24, 2.45) is 0 Å². The number of esters is 1. The fourth-order valence-electron chi connectivity index (χ4n) is 2.81. The number of nitrogens with one attached hydrogen (secondary N) is 1. The minimum Gasteiger partial charge on any atom is -0.495 e. The highest BCUT2D eigenvalue weighted by atomic mass is 35.5. The molecule has 3 aromatic rings. The number of benzene rings is 2. The van der Waals surface area contributed by atoms with Gasteiger partial charge in [0, 0.05) is 10.4 Å². The van der Waals surface area contributed by atoms with Crippen molar-refractivity contribution in [3.63, 3.8) is 0 Å². The molecule has 1 aromatic heterocycles. The Labute approximate surface area is 190 Å². The van der Waals surface area contributed by atoms with E-state index in [9.17, 15) is 26.4 Å². The third-order valence-electron chi connectivity index (χ3n) is 4.30. The number of carbonyl (C=O) groups is 1. The van der Waals surface area contributed by atoms with E-state index in [-0.39, 0.29) is 22.6 Å². The highest BCUT2D eigenvalue weighted by Crippen LogP contribution is 2.40. The Morgan fingerprint density at radius 3 is 2.34 bits per heavy atom. The molecule has 170 valence electrons. The standard InChI is InChI=1S/C20H15ClF3NO5S2/c1-29-15-6-3-11(19(26)30-2)9-17(15)32(27,28)25-14-10-12(20(22,23)24)4-5-13(14)16-7-8-18(21)31-16/h3-10,25H,1-2H3. The van der Waals surface area contributed by atoms with Gasteiger partial charge in [-0.25, -0.2) is 13.2 Å². The summed E-state index contributed by atoms with van der Waals surface area (Å²) in [6.07, 6.45) is -4.70. The van der Waals surface area contributed by atoms with Gasteiger partial charge in [-0.15, -0.1) is 11.3 Å². The highest BCUT2D eigenvalue weighted by Gasteiger charge is 2.32. The van der Waals surface area contributed by atoms with E-state index in [0.717, 1.165) is 36.6 Å². The molecule has 0 radical (unpaired) electrons. The number of anilines is 1. The van der Waals surface area contributed by atoms with Gasteiger partial charge in [0.25, 0.3) is 10.0 Å². The van der Waals surface area contributed by atoms with Crippen LogP contribution in [0.25, 0.3) is 10.4 Å². The van der Waals surface area contributed by atoms with Gasteiger partial charge in [-0.2, -0.15) is 13.2 Å². The Balaban J connectivity index is 2.15. The third-order valence-corrected chi connectivity index (χ3v) is 6.96. The number of sulfonamides is 1. The predicted molar refractivity (Wildman–Crippen MR) is 115 cm³/mol. The van der Waals surface area contributed by atoms with E-state index in [4.69, 9.17) is 16.3 Å². The lowest BCUT2D eigenvalue weighted by Crippen LogP contribution is -2.16. The van der Waals surface area contributed by atoms with Crippen LogP contribution in [-0.2, 0) is 20.9 Å². The molecule has 0 bridgehead atoms. The highest BCUT2D eigenvalue weighted by molar-refractivity contribution is 7.92. The molecule has 32 heavy (non-hydrogen) atoms. The Morgan fingerprint density at radius 1 is 1.06 bits per heavy atom. The van der Waals surface area contributed by atoms with E-state index < -0.39 is 32.6 Å². The van der Waals surface area contributed by atoms with Gasteiger partial charge in [0.15, 0.2) is 0 Å². The fraction of sp³-hybridized carbons (Fsp3) is 0.150. The molecule has 0 aliphatic rings. The summed E-state index contributed by atoms with van der Waals surface area (Å²) in [6.45, 7) is 0. The molecule has 2 aromatic carbocycles. The summed E-state index contributed by atoms with van der Waals surface area (Å²) in [5.41, 5.74) is -1.25. The number of halogens is 4. The van der Waals surface area contributed by atoms with Crippen molar-refractivity contribution in [2.75, 3.05) is 18.9 Å². The lowest BCUT2D eigenvalue weighted by atomic mass is 10.1. The second kappa shape index (κ2) is 9.00. The Bertz CT molecular complexity index is 1270.